The summed E-state index contributed by atoms with van der Waals surface area (Å²) in [6.45, 7) is 2.20. The summed E-state index contributed by atoms with van der Waals surface area (Å²) >= 11 is 0. The lowest BCUT2D eigenvalue weighted by molar-refractivity contribution is 0.958. The summed E-state index contributed by atoms with van der Waals surface area (Å²) in [6.07, 6.45) is 10.3. The fourth-order valence-corrected chi connectivity index (χ4v) is 1.33. The Balaban J connectivity index is 2.27. The maximum Gasteiger partial charge on any atom is 0.0207 e. The van der Waals surface area contributed by atoms with E-state index >= 15 is 0 Å². The van der Waals surface area contributed by atoms with Crippen molar-refractivity contribution < 1.29 is 0 Å². The minimum Gasteiger partial charge on any atom is -0.0729 e. The van der Waals surface area contributed by atoms with Crippen LogP contribution in [0.25, 0.3) is 0 Å². The summed E-state index contributed by atoms with van der Waals surface area (Å²) in [5.41, 5.74) is 3.01. The Morgan fingerprint density at radius 1 is 1.56 bits per heavy atom. The first-order valence-corrected chi connectivity index (χ1v) is 3.50. The molecule has 0 aromatic carbocycles. The molecule has 1 atom stereocenters. The second kappa shape index (κ2) is 1.60. The summed E-state index contributed by atoms with van der Waals surface area (Å²) < 4.78 is 0. The van der Waals surface area contributed by atoms with E-state index in [1.807, 2.05) is 0 Å². The molecule has 0 nitrogen and oxygen atoms in total. The molecule has 9 heavy (non-hydrogen) atoms. The molecule has 0 aromatic rings. The van der Waals surface area contributed by atoms with Crippen molar-refractivity contribution in [3.8, 4) is 0 Å². The molecule has 46 valence electrons. The number of allylic oxidation sites excluding steroid dienone is 6. The van der Waals surface area contributed by atoms with Gasteiger partial charge < -0.3 is 0 Å². The number of hydrogen-bond acceptors (Lipinski definition) is 0. The van der Waals surface area contributed by atoms with Crippen LogP contribution in [0.15, 0.2) is 35.5 Å². The van der Waals surface area contributed by atoms with Crippen molar-refractivity contribution in [2.24, 2.45) is 5.92 Å². The highest BCUT2D eigenvalue weighted by Gasteiger charge is 2.19. The van der Waals surface area contributed by atoms with E-state index < -0.39 is 0 Å². The highest BCUT2D eigenvalue weighted by atomic mass is 14.2. The van der Waals surface area contributed by atoms with Crippen molar-refractivity contribution in [2.45, 2.75) is 13.3 Å². The zero-order valence-corrected chi connectivity index (χ0v) is 5.59. The maximum absolute atomic E-state index is 2.34. The highest BCUT2D eigenvalue weighted by molar-refractivity contribution is 5.50. The van der Waals surface area contributed by atoms with Gasteiger partial charge in [0.1, 0.15) is 0 Å². The van der Waals surface area contributed by atoms with E-state index in [9.17, 15) is 0 Å². The van der Waals surface area contributed by atoms with Gasteiger partial charge in [-0.25, -0.2) is 0 Å². The van der Waals surface area contributed by atoms with Gasteiger partial charge in [-0.3, -0.25) is 0 Å². The molecule has 0 bridgehead atoms. The molecule has 0 fully saturated rings. The predicted octanol–water partition coefficient (Wildman–Crippen LogP) is 2.45. The second-order valence-electron chi connectivity index (χ2n) is 2.62. The molecule has 2 aliphatic carbocycles. The van der Waals surface area contributed by atoms with Gasteiger partial charge >= 0.3 is 0 Å². The lowest BCUT2D eigenvalue weighted by atomic mass is 9.92. The van der Waals surface area contributed by atoms with Crippen molar-refractivity contribution in [1.82, 2.24) is 0 Å². The molecule has 0 heterocycles. The van der Waals surface area contributed by atoms with Gasteiger partial charge in [0, 0.05) is 5.92 Å². The van der Waals surface area contributed by atoms with Crippen molar-refractivity contribution in [2.75, 3.05) is 0 Å². The van der Waals surface area contributed by atoms with Gasteiger partial charge in [-0.2, -0.15) is 0 Å². The van der Waals surface area contributed by atoms with Gasteiger partial charge in [0.2, 0.25) is 0 Å². The van der Waals surface area contributed by atoms with E-state index in [4.69, 9.17) is 0 Å². The van der Waals surface area contributed by atoms with Crippen molar-refractivity contribution in [1.29, 1.82) is 0 Å². The van der Waals surface area contributed by atoms with Crippen LogP contribution in [0.1, 0.15) is 13.3 Å². The van der Waals surface area contributed by atoms with E-state index in [1.54, 1.807) is 0 Å². The zero-order valence-electron chi connectivity index (χ0n) is 5.59. The molecule has 0 N–H and O–H groups in total. The molecule has 0 saturated heterocycles. The Morgan fingerprint density at radius 2 is 2.44 bits per heavy atom. The average Bonchev–Trinajstić information content (AvgIpc) is 2.10. The lowest BCUT2D eigenvalue weighted by Crippen LogP contribution is -1.99. The second-order valence-corrected chi connectivity index (χ2v) is 2.62. The van der Waals surface area contributed by atoms with Crippen molar-refractivity contribution in [3.05, 3.63) is 35.5 Å². The van der Waals surface area contributed by atoms with Crippen LogP contribution in [0.5, 0.6) is 0 Å². The molecule has 1 unspecified atom stereocenters. The summed E-state index contributed by atoms with van der Waals surface area (Å²) in [6, 6.07) is 0. The van der Waals surface area contributed by atoms with Crippen LogP contribution in [0.3, 0.4) is 0 Å². The van der Waals surface area contributed by atoms with E-state index in [-0.39, 0.29) is 0 Å². The van der Waals surface area contributed by atoms with Crippen LogP contribution in [-0.4, -0.2) is 0 Å². The monoisotopic (exact) mass is 118 g/mol. The predicted molar refractivity (Wildman–Crippen MR) is 39.1 cm³/mol. The number of fused-ring (bicyclic) bond motifs is 1. The van der Waals surface area contributed by atoms with Gasteiger partial charge in [0.25, 0.3) is 0 Å². The molecule has 0 spiro atoms. The first-order valence-electron chi connectivity index (χ1n) is 3.50. The van der Waals surface area contributed by atoms with Gasteiger partial charge in [-0.1, -0.05) is 36.8 Å². The van der Waals surface area contributed by atoms with Crippen LogP contribution >= 0.6 is 0 Å². The first kappa shape index (κ1) is 5.04. The first-order chi connectivity index (χ1) is 4.40. The molecule has 0 radical (unpaired) electrons. The standard InChI is InChI=1S/C9H10/c1-2-7-5-8-3-4-9(8)6-7/h3-6,8H,2H2,1H3. The van der Waals surface area contributed by atoms with Crippen LogP contribution in [-0.2, 0) is 0 Å². The highest BCUT2D eigenvalue weighted by Crippen LogP contribution is 2.34. The number of hydrogen-bond donors (Lipinski definition) is 0. The fourth-order valence-electron chi connectivity index (χ4n) is 1.33. The quantitative estimate of drug-likeness (QED) is 0.496. The third kappa shape index (κ3) is 0.593. The zero-order chi connectivity index (χ0) is 6.27. The SMILES string of the molecule is CCC1=CC2C=CC2=C1. The van der Waals surface area contributed by atoms with E-state index in [0.717, 1.165) is 0 Å². The van der Waals surface area contributed by atoms with Crippen LogP contribution in [0.2, 0.25) is 0 Å². The van der Waals surface area contributed by atoms with Gasteiger partial charge in [-0.05, 0) is 12.0 Å². The topological polar surface area (TPSA) is 0 Å². The van der Waals surface area contributed by atoms with Crippen molar-refractivity contribution in [3.63, 3.8) is 0 Å². The van der Waals surface area contributed by atoms with Crippen LogP contribution < -0.4 is 0 Å². The minimum absolute atomic E-state index is 0.694. The largest absolute Gasteiger partial charge is 0.0729 e. The Bertz CT molecular complexity index is 216. The molecule has 0 amide bonds. The van der Waals surface area contributed by atoms with E-state index in [0.29, 0.717) is 5.92 Å². The van der Waals surface area contributed by atoms with Gasteiger partial charge in [0.15, 0.2) is 0 Å². The average molecular weight is 118 g/mol. The maximum atomic E-state index is 2.34. The smallest absolute Gasteiger partial charge is 0.0207 e. The molecule has 0 aromatic heterocycles. The molecule has 2 rings (SSSR count). The lowest BCUT2D eigenvalue weighted by Gasteiger charge is -2.12. The molecule has 2 aliphatic rings. The summed E-state index contributed by atoms with van der Waals surface area (Å²) in [7, 11) is 0. The third-order valence-corrected chi connectivity index (χ3v) is 2.03. The Labute approximate surface area is 55.6 Å². The molecule has 0 heteroatoms. The fraction of sp³-hybridized carbons (Fsp3) is 0.333. The normalized spacial score (nSPS) is 28.8. The van der Waals surface area contributed by atoms with Crippen molar-refractivity contribution >= 4 is 0 Å². The summed E-state index contributed by atoms with van der Waals surface area (Å²) in [5, 5.41) is 0. The molecular formula is C9H10. The molecule has 0 aliphatic heterocycles. The van der Waals surface area contributed by atoms with Gasteiger partial charge in [0.05, 0.1) is 0 Å². The summed E-state index contributed by atoms with van der Waals surface area (Å²) in [4.78, 5) is 0. The van der Waals surface area contributed by atoms with Gasteiger partial charge in [-0.15, -0.1) is 0 Å². The van der Waals surface area contributed by atoms with Crippen LogP contribution in [0, 0.1) is 5.92 Å². The third-order valence-electron chi connectivity index (χ3n) is 2.03. The van der Waals surface area contributed by atoms with Crippen LogP contribution in [0.4, 0.5) is 0 Å². The Kier molecular flexibility index (Phi) is 0.895. The molecule has 0 saturated carbocycles. The Morgan fingerprint density at radius 3 is 2.78 bits per heavy atom. The minimum atomic E-state index is 0.694. The molecular weight excluding hydrogens is 108 g/mol. The van der Waals surface area contributed by atoms with E-state index in [1.165, 1.54) is 17.6 Å². The number of rotatable bonds is 1. The summed E-state index contributed by atoms with van der Waals surface area (Å²) in [5.74, 6) is 0.694. The Hall–Kier alpha value is -0.780. The van der Waals surface area contributed by atoms with E-state index in [2.05, 4.69) is 31.2 Å².